The van der Waals surface area contributed by atoms with E-state index in [1.54, 1.807) is 22.7 Å². The lowest BCUT2D eigenvalue weighted by atomic mass is 10.2. The zero-order valence-corrected chi connectivity index (χ0v) is 9.78. The second-order valence-corrected chi connectivity index (χ2v) is 5.79. The highest BCUT2D eigenvalue weighted by atomic mass is 32.1. The number of aromatic nitrogens is 1. The van der Waals surface area contributed by atoms with Gasteiger partial charge in [-0.25, -0.2) is 4.98 Å². The zero-order chi connectivity index (χ0) is 10.1. The molecule has 0 amide bonds. The molecule has 2 nitrogen and oxygen atoms in total. The lowest BCUT2D eigenvalue weighted by Gasteiger charge is -2.04. The van der Waals surface area contributed by atoms with E-state index in [2.05, 4.69) is 24.0 Å². The van der Waals surface area contributed by atoms with E-state index in [1.807, 2.05) is 13.1 Å². The van der Waals surface area contributed by atoms with Crippen molar-refractivity contribution in [2.75, 3.05) is 0 Å². The number of nitrogens with zero attached hydrogens (tertiary/aromatic N) is 1. The minimum absolute atomic E-state index is 0.0000926. The molecule has 0 bridgehead atoms. The van der Waals surface area contributed by atoms with Gasteiger partial charge in [0, 0.05) is 20.8 Å². The summed E-state index contributed by atoms with van der Waals surface area (Å²) >= 11 is 3.42. The molecule has 0 saturated heterocycles. The fourth-order valence-electron chi connectivity index (χ4n) is 1.28. The Morgan fingerprint density at radius 3 is 2.50 bits per heavy atom. The molecule has 0 aliphatic heterocycles. The van der Waals surface area contributed by atoms with Gasteiger partial charge in [0.05, 0.1) is 11.0 Å². The zero-order valence-electron chi connectivity index (χ0n) is 8.15. The largest absolute Gasteiger partial charge is 0.319 e. The van der Waals surface area contributed by atoms with Crippen LogP contribution in [0.4, 0.5) is 0 Å². The van der Waals surface area contributed by atoms with Gasteiger partial charge in [0.25, 0.3) is 0 Å². The normalized spacial score (nSPS) is 13.1. The fraction of sp³-hybridized carbons (Fsp3) is 0.300. The van der Waals surface area contributed by atoms with Crippen LogP contribution < -0.4 is 5.73 Å². The van der Waals surface area contributed by atoms with Crippen LogP contribution in [-0.2, 0) is 0 Å². The highest BCUT2D eigenvalue weighted by Crippen LogP contribution is 2.29. The maximum atomic E-state index is 6.12. The molecule has 1 atom stereocenters. The van der Waals surface area contributed by atoms with Crippen LogP contribution in [0.5, 0.6) is 0 Å². The summed E-state index contributed by atoms with van der Waals surface area (Å²) in [4.78, 5) is 7.87. The van der Waals surface area contributed by atoms with E-state index in [9.17, 15) is 0 Å². The fourth-order valence-corrected chi connectivity index (χ4v) is 3.06. The molecule has 4 heteroatoms. The standard InChI is InChI=1S/C10H12N2S2/c1-6-3-4-8(13-6)10(11)9-5-12-7(2)14-9/h3-5,10H,11H2,1-2H3. The van der Waals surface area contributed by atoms with Crippen molar-refractivity contribution in [3.8, 4) is 0 Å². The monoisotopic (exact) mass is 224 g/mol. The smallest absolute Gasteiger partial charge is 0.0897 e. The van der Waals surface area contributed by atoms with Crippen molar-refractivity contribution in [3.05, 3.63) is 38.0 Å². The van der Waals surface area contributed by atoms with Crippen LogP contribution in [-0.4, -0.2) is 4.98 Å². The predicted octanol–water partition coefficient (Wildman–Crippen LogP) is 2.87. The Kier molecular flexibility index (Phi) is 2.67. The molecule has 2 aromatic rings. The summed E-state index contributed by atoms with van der Waals surface area (Å²) in [7, 11) is 0. The van der Waals surface area contributed by atoms with Crippen molar-refractivity contribution in [3.63, 3.8) is 0 Å². The Hall–Kier alpha value is -0.710. The molecule has 0 radical (unpaired) electrons. The Balaban J connectivity index is 2.28. The number of thiophene rings is 1. The summed E-state index contributed by atoms with van der Waals surface area (Å²) in [5.74, 6) is 0. The van der Waals surface area contributed by atoms with Crippen molar-refractivity contribution in [2.45, 2.75) is 19.9 Å². The van der Waals surface area contributed by atoms with E-state index in [4.69, 9.17) is 5.73 Å². The van der Waals surface area contributed by atoms with Gasteiger partial charge in [-0.3, -0.25) is 0 Å². The first-order chi connectivity index (χ1) is 6.66. The van der Waals surface area contributed by atoms with E-state index in [-0.39, 0.29) is 6.04 Å². The molecule has 0 spiro atoms. The highest BCUT2D eigenvalue weighted by molar-refractivity contribution is 7.13. The molecule has 0 aliphatic rings. The summed E-state index contributed by atoms with van der Waals surface area (Å²) in [6.07, 6.45) is 1.87. The van der Waals surface area contributed by atoms with E-state index in [0.717, 1.165) is 9.88 Å². The minimum Gasteiger partial charge on any atom is -0.319 e. The number of thiazole rings is 1. The molecular formula is C10H12N2S2. The van der Waals surface area contributed by atoms with Gasteiger partial charge in [0.15, 0.2) is 0 Å². The minimum atomic E-state index is -0.0000926. The van der Waals surface area contributed by atoms with E-state index >= 15 is 0 Å². The first-order valence-corrected chi connectivity index (χ1v) is 6.04. The lowest BCUT2D eigenvalue weighted by Crippen LogP contribution is -2.07. The van der Waals surface area contributed by atoms with Gasteiger partial charge in [-0.05, 0) is 26.0 Å². The van der Waals surface area contributed by atoms with Crippen molar-refractivity contribution >= 4 is 22.7 Å². The highest BCUT2D eigenvalue weighted by Gasteiger charge is 2.12. The van der Waals surface area contributed by atoms with Gasteiger partial charge in [-0.15, -0.1) is 22.7 Å². The van der Waals surface area contributed by atoms with Crippen LogP contribution in [0.3, 0.4) is 0 Å². The van der Waals surface area contributed by atoms with Crippen molar-refractivity contribution < 1.29 is 0 Å². The Bertz CT molecular complexity index is 391. The summed E-state index contributed by atoms with van der Waals surface area (Å²) in [5.41, 5.74) is 6.12. The maximum absolute atomic E-state index is 6.12. The van der Waals surface area contributed by atoms with Gasteiger partial charge in [-0.2, -0.15) is 0 Å². The maximum Gasteiger partial charge on any atom is 0.0897 e. The lowest BCUT2D eigenvalue weighted by molar-refractivity contribution is 0.912. The number of rotatable bonds is 2. The second-order valence-electron chi connectivity index (χ2n) is 3.21. The van der Waals surface area contributed by atoms with Crippen LogP contribution in [0.2, 0.25) is 0 Å². The SMILES string of the molecule is Cc1ccc(C(N)c2cnc(C)s2)s1. The molecule has 2 rings (SSSR count). The molecule has 1 unspecified atom stereocenters. The van der Waals surface area contributed by atoms with Crippen molar-refractivity contribution in [1.82, 2.24) is 4.98 Å². The topological polar surface area (TPSA) is 38.9 Å². The molecule has 2 heterocycles. The molecule has 0 saturated carbocycles. The van der Waals surface area contributed by atoms with Gasteiger partial charge in [-0.1, -0.05) is 0 Å². The van der Waals surface area contributed by atoms with Crippen LogP contribution >= 0.6 is 22.7 Å². The van der Waals surface area contributed by atoms with E-state index in [1.165, 1.54) is 9.75 Å². The summed E-state index contributed by atoms with van der Waals surface area (Å²) in [5, 5.41) is 1.07. The Morgan fingerprint density at radius 1 is 1.21 bits per heavy atom. The third-order valence-corrected chi connectivity index (χ3v) is 4.09. The number of nitrogens with two attached hydrogens (primary N) is 1. The molecule has 14 heavy (non-hydrogen) atoms. The number of aryl methyl sites for hydroxylation is 2. The molecule has 0 aliphatic carbocycles. The summed E-state index contributed by atoms with van der Waals surface area (Å²) in [6, 6.07) is 4.20. The summed E-state index contributed by atoms with van der Waals surface area (Å²) in [6.45, 7) is 4.10. The molecular weight excluding hydrogens is 212 g/mol. The van der Waals surface area contributed by atoms with E-state index < -0.39 is 0 Å². The van der Waals surface area contributed by atoms with Gasteiger partial charge < -0.3 is 5.73 Å². The molecule has 0 aromatic carbocycles. The third-order valence-electron chi connectivity index (χ3n) is 2.01. The molecule has 0 fully saturated rings. The van der Waals surface area contributed by atoms with Gasteiger partial charge >= 0.3 is 0 Å². The van der Waals surface area contributed by atoms with E-state index in [0.29, 0.717) is 0 Å². The number of hydrogen-bond donors (Lipinski definition) is 1. The van der Waals surface area contributed by atoms with Crippen molar-refractivity contribution in [1.29, 1.82) is 0 Å². The molecule has 2 aromatic heterocycles. The molecule has 74 valence electrons. The van der Waals surface area contributed by atoms with Crippen LogP contribution in [0.25, 0.3) is 0 Å². The van der Waals surface area contributed by atoms with Crippen LogP contribution in [0.15, 0.2) is 18.3 Å². The quantitative estimate of drug-likeness (QED) is 0.852. The van der Waals surface area contributed by atoms with Gasteiger partial charge in [0.2, 0.25) is 0 Å². The average Bonchev–Trinajstić information content (AvgIpc) is 2.73. The Morgan fingerprint density at radius 2 is 2.00 bits per heavy atom. The molecule has 2 N–H and O–H groups in total. The van der Waals surface area contributed by atoms with Crippen LogP contribution in [0, 0.1) is 13.8 Å². The van der Waals surface area contributed by atoms with Crippen LogP contribution in [0.1, 0.15) is 25.7 Å². The van der Waals surface area contributed by atoms with Crippen molar-refractivity contribution in [2.24, 2.45) is 5.73 Å². The predicted molar refractivity (Wildman–Crippen MR) is 61.9 cm³/mol. The first kappa shape index (κ1) is 9.83. The number of hydrogen-bond acceptors (Lipinski definition) is 4. The Labute approximate surface area is 91.4 Å². The summed E-state index contributed by atoms with van der Waals surface area (Å²) < 4.78 is 0. The third kappa shape index (κ3) is 1.87. The van der Waals surface area contributed by atoms with Gasteiger partial charge in [0.1, 0.15) is 0 Å². The first-order valence-electron chi connectivity index (χ1n) is 4.41. The second kappa shape index (κ2) is 3.81. The average molecular weight is 224 g/mol.